The van der Waals surface area contributed by atoms with Gasteiger partial charge in [0, 0.05) is 25.7 Å². The summed E-state index contributed by atoms with van der Waals surface area (Å²) in [6, 6.07) is 9.97. The van der Waals surface area contributed by atoms with Crippen molar-refractivity contribution in [3.05, 3.63) is 63.2 Å². The highest BCUT2D eigenvalue weighted by atomic mass is 32.1. The molecular formula is C19H21N3O2S. The Balaban J connectivity index is 1.92. The molecule has 1 aliphatic rings. The van der Waals surface area contributed by atoms with Gasteiger partial charge in [-0.25, -0.2) is 4.98 Å². The van der Waals surface area contributed by atoms with E-state index < -0.39 is 0 Å². The van der Waals surface area contributed by atoms with E-state index in [9.17, 15) is 9.59 Å². The fraction of sp³-hybridized carbons (Fsp3) is 0.316. The number of nitrogens with zero attached hydrogens (tertiary/aromatic N) is 3. The summed E-state index contributed by atoms with van der Waals surface area (Å²) in [5.74, 6) is -0.285. The number of benzene rings is 1. The lowest BCUT2D eigenvalue weighted by molar-refractivity contribution is 0.0944. The van der Waals surface area contributed by atoms with Gasteiger partial charge in [-0.1, -0.05) is 30.3 Å². The van der Waals surface area contributed by atoms with Crippen molar-refractivity contribution in [2.75, 3.05) is 27.2 Å². The summed E-state index contributed by atoms with van der Waals surface area (Å²) in [7, 11) is 3.98. The molecule has 0 atom stereocenters. The first-order valence-corrected chi connectivity index (χ1v) is 8.99. The minimum atomic E-state index is -0.159. The van der Waals surface area contributed by atoms with Crippen molar-refractivity contribution in [3.8, 4) is 0 Å². The zero-order chi connectivity index (χ0) is 18.0. The van der Waals surface area contributed by atoms with E-state index in [-0.39, 0.29) is 11.6 Å². The molecule has 0 saturated heterocycles. The fourth-order valence-corrected chi connectivity index (χ4v) is 3.60. The van der Waals surface area contributed by atoms with Gasteiger partial charge in [0.2, 0.25) is 5.78 Å². The van der Waals surface area contributed by atoms with Gasteiger partial charge in [-0.2, -0.15) is 0 Å². The van der Waals surface area contributed by atoms with Crippen LogP contribution in [0.3, 0.4) is 0 Å². The molecular weight excluding hydrogens is 334 g/mol. The Bertz CT molecular complexity index is 824. The lowest BCUT2D eigenvalue weighted by Crippen LogP contribution is -2.35. The number of rotatable bonds is 6. The highest BCUT2D eigenvalue weighted by molar-refractivity contribution is 7.14. The van der Waals surface area contributed by atoms with Gasteiger partial charge in [0.15, 0.2) is 5.78 Å². The standard InChI is InChI=1S/C19H21N3O2S/c1-13-20-17-18(24)15(11-16(23)19(17)25-13)22(10-9-21(2)3)12-14-7-5-4-6-8-14/h4-8,11H,9-10,12H2,1-3H3. The number of allylic oxidation sites excluding steroid dienone is 2. The molecule has 0 amide bonds. The largest absolute Gasteiger partial charge is 0.363 e. The Morgan fingerprint density at radius 2 is 1.80 bits per heavy atom. The van der Waals surface area contributed by atoms with Crippen molar-refractivity contribution in [1.29, 1.82) is 0 Å². The minimum Gasteiger partial charge on any atom is -0.363 e. The number of aromatic nitrogens is 1. The Labute approximate surface area is 151 Å². The van der Waals surface area contributed by atoms with Crippen LogP contribution in [0.4, 0.5) is 0 Å². The second kappa shape index (κ2) is 7.29. The molecule has 0 spiro atoms. The Kier molecular flexibility index (Phi) is 5.11. The summed E-state index contributed by atoms with van der Waals surface area (Å²) < 4.78 is 0. The Morgan fingerprint density at radius 3 is 2.48 bits per heavy atom. The molecule has 1 heterocycles. The maximum Gasteiger partial charge on any atom is 0.229 e. The van der Waals surface area contributed by atoms with Crippen molar-refractivity contribution >= 4 is 22.9 Å². The number of ketones is 2. The molecule has 0 fully saturated rings. The van der Waals surface area contributed by atoms with Crippen LogP contribution in [0.5, 0.6) is 0 Å². The summed E-state index contributed by atoms with van der Waals surface area (Å²) >= 11 is 1.29. The van der Waals surface area contributed by atoms with Gasteiger partial charge in [0.05, 0.1) is 10.7 Å². The van der Waals surface area contributed by atoms with E-state index in [2.05, 4.69) is 9.88 Å². The quantitative estimate of drug-likeness (QED) is 0.797. The summed E-state index contributed by atoms with van der Waals surface area (Å²) in [6.07, 6.45) is 1.47. The van der Waals surface area contributed by atoms with Gasteiger partial charge in [-0.3, -0.25) is 9.59 Å². The average molecular weight is 355 g/mol. The number of hydrogen-bond donors (Lipinski definition) is 0. The van der Waals surface area contributed by atoms with Crippen molar-refractivity contribution in [3.63, 3.8) is 0 Å². The monoisotopic (exact) mass is 355 g/mol. The van der Waals surface area contributed by atoms with Gasteiger partial charge >= 0.3 is 0 Å². The molecule has 25 heavy (non-hydrogen) atoms. The third kappa shape index (κ3) is 3.86. The highest BCUT2D eigenvalue weighted by Gasteiger charge is 2.32. The number of aryl methyl sites for hydroxylation is 1. The molecule has 1 aromatic heterocycles. The van der Waals surface area contributed by atoms with E-state index in [1.54, 1.807) is 0 Å². The molecule has 1 aromatic carbocycles. The lowest BCUT2D eigenvalue weighted by atomic mass is 10.0. The van der Waals surface area contributed by atoms with Gasteiger partial charge in [0.1, 0.15) is 10.6 Å². The van der Waals surface area contributed by atoms with Gasteiger partial charge in [-0.05, 0) is 26.6 Å². The first kappa shape index (κ1) is 17.5. The topological polar surface area (TPSA) is 53.5 Å². The summed E-state index contributed by atoms with van der Waals surface area (Å²) in [5, 5.41) is 0.740. The molecule has 2 aromatic rings. The molecule has 1 aliphatic carbocycles. The summed E-state index contributed by atoms with van der Waals surface area (Å²) in [4.78, 5) is 34.2. The molecule has 3 rings (SSSR count). The van der Waals surface area contributed by atoms with Gasteiger partial charge < -0.3 is 9.80 Å². The zero-order valence-corrected chi connectivity index (χ0v) is 15.5. The van der Waals surface area contributed by atoms with E-state index in [0.29, 0.717) is 29.4 Å². The number of carbonyl (C=O) groups excluding carboxylic acids is 2. The van der Waals surface area contributed by atoms with Crippen LogP contribution in [0, 0.1) is 6.92 Å². The third-order valence-corrected chi connectivity index (χ3v) is 5.03. The maximum absolute atomic E-state index is 12.9. The summed E-state index contributed by atoms with van der Waals surface area (Å²) in [5.41, 5.74) is 1.84. The molecule has 130 valence electrons. The molecule has 6 heteroatoms. The van der Waals surface area contributed by atoms with Crippen LogP contribution < -0.4 is 0 Å². The fourth-order valence-electron chi connectivity index (χ4n) is 2.77. The molecule has 0 aliphatic heterocycles. The number of likely N-dealkylation sites (N-methyl/N-ethyl adjacent to an activating group) is 1. The number of thiazole rings is 1. The number of hydrogen-bond acceptors (Lipinski definition) is 6. The normalized spacial score (nSPS) is 13.8. The van der Waals surface area contributed by atoms with E-state index in [1.165, 1.54) is 17.4 Å². The van der Waals surface area contributed by atoms with Crippen molar-refractivity contribution in [2.24, 2.45) is 0 Å². The Hall–Kier alpha value is -2.31. The van der Waals surface area contributed by atoms with Crippen LogP contribution in [-0.2, 0) is 6.54 Å². The molecule has 5 nitrogen and oxygen atoms in total. The van der Waals surface area contributed by atoms with E-state index in [0.717, 1.165) is 17.1 Å². The summed E-state index contributed by atoms with van der Waals surface area (Å²) in [6.45, 7) is 3.84. The van der Waals surface area contributed by atoms with Crippen molar-refractivity contribution in [1.82, 2.24) is 14.8 Å². The zero-order valence-electron chi connectivity index (χ0n) is 14.7. The van der Waals surface area contributed by atoms with Crippen molar-refractivity contribution < 1.29 is 9.59 Å². The first-order valence-electron chi connectivity index (χ1n) is 8.17. The Morgan fingerprint density at radius 1 is 1.08 bits per heavy atom. The molecule has 0 unspecified atom stereocenters. The SMILES string of the molecule is Cc1nc2c(s1)C(=O)C=C(N(CCN(C)C)Cc1ccccc1)C2=O. The van der Waals surface area contributed by atoms with Crippen molar-refractivity contribution in [2.45, 2.75) is 13.5 Å². The van der Waals surface area contributed by atoms with Crippen LogP contribution in [0.2, 0.25) is 0 Å². The second-order valence-corrected chi connectivity index (χ2v) is 7.55. The van der Waals surface area contributed by atoms with E-state index >= 15 is 0 Å². The molecule has 0 radical (unpaired) electrons. The lowest BCUT2D eigenvalue weighted by Gasteiger charge is -2.29. The van der Waals surface area contributed by atoms with Crippen LogP contribution in [0.25, 0.3) is 0 Å². The predicted molar refractivity (Wildman–Crippen MR) is 99.0 cm³/mol. The second-order valence-electron chi connectivity index (χ2n) is 6.34. The maximum atomic E-state index is 12.9. The van der Waals surface area contributed by atoms with Crippen LogP contribution >= 0.6 is 11.3 Å². The van der Waals surface area contributed by atoms with Gasteiger partial charge in [0.25, 0.3) is 0 Å². The number of carbonyl (C=O) groups is 2. The van der Waals surface area contributed by atoms with E-state index in [4.69, 9.17) is 0 Å². The van der Waals surface area contributed by atoms with Crippen LogP contribution in [-0.4, -0.2) is 53.5 Å². The number of Topliss-reactive ketones (excluding diaryl/α,β-unsaturated/α-hetero) is 1. The average Bonchev–Trinajstić information content (AvgIpc) is 2.98. The van der Waals surface area contributed by atoms with E-state index in [1.807, 2.05) is 56.3 Å². The van der Waals surface area contributed by atoms with Gasteiger partial charge in [-0.15, -0.1) is 11.3 Å². The van der Waals surface area contributed by atoms with Crippen LogP contribution in [0.1, 0.15) is 30.7 Å². The molecule has 0 N–H and O–H groups in total. The predicted octanol–water partition coefficient (Wildman–Crippen LogP) is 2.78. The smallest absolute Gasteiger partial charge is 0.229 e. The minimum absolute atomic E-state index is 0.127. The molecule has 0 bridgehead atoms. The highest BCUT2D eigenvalue weighted by Crippen LogP contribution is 2.28. The van der Waals surface area contributed by atoms with Crippen LogP contribution in [0.15, 0.2) is 42.1 Å². The third-order valence-electron chi connectivity index (χ3n) is 4.05. The molecule has 0 saturated carbocycles. The number of fused-ring (bicyclic) bond motifs is 1. The first-order chi connectivity index (χ1) is 12.0.